The SMILES string of the molecule is COc1cc(OC)c(C(Oc2ccc(-c3ccc(OC(=O)c4cc(C(=O)N=[N+]=[N-])c(OC)cc4OC)cc3)cc2)=C2CCC2)cc1OC. The van der Waals surface area contributed by atoms with Gasteiger partial charge in [0.05, 0.1) is 46.7 Å². The minimum atomic E-state index is -0.913. The zero-order valence-corrected chi connectivity index (χ0v) is 27.1. The predicted molar refractivity (Wildman–Crippen MR) is 177 cm³/mol. The zero-order chi connectivity index (χ0) is 34.2. The Kier molecular flexibility index (Phi) is 10.4. The molecule has 5 rings (SSSR count). The molecule has 0 aliphatic heterocycles. The van der Waals surface area contributed by atoms with Crippen LogP contribution in [0.2, 0.25) is 0 Å². The molecule has 0 N–H and O–H groups in total. The third-order valence-electron chi connectivity index (χ3n) is 7.81. The average molecular weight is 652 g/mol. The Bertz CT molecular complexity index is 1910. The van der Waals surface area contributed by atoms with E-state index < -0.39 is 11.9 Å². The minimum Gasteiger partial charge on any atom is -0.496 e. The van der Waals surface area contributed by atoms with Crippen LogP contribution in [0.5, 0.6) is 40.2 Å². The molecule has 0 saturated heterocycles. The number of methoxy groups -OCH3 is 5. The van der Waals surface area contributed by atoms with E-state index in [0.717, 1.165) is 41.7 Å². The normalized spacial score (nSPS) is 11.7. The largest absolute Gasteiger partial charge is 0.496 e. The Morgan fingerprint density at radius 2 is 1.08 bits per heavy atom. The molecule has 0 atom stereocenters. The lowest BCUT2D eigenvalue weighted by Crippen LogP contribution is -2.12. The van der Waals surface area contributed by atoms with E-state index in [-0.39, 0.29) is 28.4 Å². The van der Waals surface area contributed by atoms with Crippen molar-refractivity contribution in [2.24, 2.45) is 5.11 Å². The molecule has 4 aromatic carbocycles. The highest BCUT2D eigenvalue weighted by Gasteiger charge is 2.24. The van der Waals surface area contributed by atoms with Crippen LogP contribution in [0.3, 0.4) is 0 Å². The molecule has 0 aromatic heterocycles. The van der Waals surface area contributed by atoms with Crippen molar-refractivity contribution in [2.45, 2.75) is 19.3 Å². The van der Waals surface area contributed by atoms with E-state index in [1.54, 1.807) is 39.5 Å². The summed E-state index contributed by atoms with van der Waals surface area (Å²) in [5.74, 6) is 1.93. The summed E-state index contributed by atoms with van der Waals surface area (Å²) in [7, 11) is 7.48. The molecule has 12 heteroatoms. The quantitative estimate of drug-likeness (QED) is 0.0371. The van der Waals surface area contributed by atoms with Crippen molar-refractivity contribution in [1.29, 1.82) is 0 Å². The molecule has 0 radical (unpaired) electrons. The number of azide groups is 1. The fourth-order valence-electron chi connectivity index (χ4n) is 5.14. The van der Waals surface area contributed by atoms with Crippen molar-refractivity contribution in [3.05, 3.63) is 106 Å². The number of hydrogen-bond acceptors (Lipinski definition) is 9. The summed E-state index contributed by atoms with van der Waals surface area (Å²) in [5, 5.41) is 3.09. The fourth-order valence-corrected chi connectivity index (χ4v) is 5.14. The molecule has 0 heterocycles. The van der Waals surface area contributed by atoms with E-state index in [1.165, 1.54) is 31.9 Å². The van der Waals surface area contributed by atoms with Crippen LogP contribution in [-0.4, -0.2) is 47.4 Å². The Morgan fingerprint density at radius 1 is 0.604 bits per heavy atom. The summed E-state index contributed by atoms with van der Waals surface area (Å²) in [6.07, 6.45) is 2.96. The van der Waals surface area contributed by atoms with E-state index in [2.05, 4.69) is 10.0 Å². The maximum absolute atomic E-state index is 13.1. The maximum Gasteiger partial charge on any atom is 0.347 e. The van der Waals surface area contributed by atoms with Crippen molar-refractivity contribution < 1.29 is 42.7 Å². The first-order valence-electron chi connectivity index (χ1n) is 14.8. The highest BCUT2D eigenvalue weighted by molar-refractivity contribution is 6.02. The molecule has 0 spiro atoms. The summed E-state index contributed by atoms with van der Waals surface area (Å²) in [4.78, 5) is 27.9. The molecule has 246 valence electrons. The van der Waals surface area contributed by atoms with Gasteiger partial charge in [0, 0.05) is 17.0 Å². The standard InChI is InChI=1S/C36H33N3O9/c1-42-29-20-33(46-5)32(45-4)18-26(29)34(23-7-6-8-23)47-24-13-9-21(10-14-24)22-11-15-25(16-12-22)48-36(41)28-17-27(35(40)38-39-37)30(43-2)19-31(28)44-3/h9-20H,6-8H2,1-5H3. The number of hydrogen-bond donors (Lipinski definition) is 0. The maximum atomic E-state index is 13.1. The molecule has 48 heavy (non-hydrogen) atoms. The van der Waals surface area contributed by atoms with E-state index in [4.69, 9.17) is 38.7 Å². The monoisotopic (exact) mass is 651 g/mol. The smallest absolute Gasteiger partial charge is 0.347 e. The van der Waals surface area contributed by atoms with Crippen LogP contribution < -0.4 is 33.2 Å². The van der Waals surface area contributed by atoms with Gasteiger partial charge in [0.15, 0.2) is 11.5 Å². The lowest BCUT2D eigenvalue weighted by atomic mass is 9.89. The second kappa shape index (κ2) is 15.0. The number of nitrogens with zero attached hydrogens (tertiary/aromatic N) is 3. The van der Waals surface area contributed by atoms with Crippen LogP contribution in [0.1, 0.15) is 45.5 Å². The Labute approximate surface area is 277 Å². The van der Waals surface area contributed by atoms with Crippen LogP contribution in [0.4, 0.5) is 0 Å². The zero-order valence-electron chi connectivity index (χ0n) is 27.1. The number of ether oxygens (including phenoxy) is 7. The van der Waals surface area contributed by atoms with Crippen LogP contribution >= 0.6 is 0 Å². The van der Waals surface area contributed by atoms with E-state index in [0.29, 0.717) is 23.0 Å². The minimum absolute atomic E-state index is 0.0450. The van der Waals surface area contributed by atoms with Crippen LogP contribution in [0.15, 0.2) is 83.5 Å². The van der Waals surface area contributed by atoms with E-state index in [9.17, 15) is 9.59 Å². The fraction of sp³-hybridized carbons (Fsp3) is 0.222. The number of benzene rings is 4. The molecule has 1 saturated carbocycles. The molecule has 4 aromatic rings. The second-order valence-electron chi connectivity index (χ2n) is 10.5. The van der Waals surface area contributed by atoms with Gasteiger partial charge in [-0.1, -0.05) is 24.3 Å². The van der Waals surface area contributed by atoms with Gasteiger partial charge in [-0.25, -0.2) is 4.79 Å². The lowest BCUT2D eigenvalue weighted by molar-refractivity contribution is 0.0731. The van der Waals surface area contributed by atoms with Gasteiger partial charge in [0.1, 0.15) is 40.1 Å². The topological polar surface area (TPSA) is 148 Å². The summed E-state index contributed by atoms with van der Waals surface area (Å²) in [6.45, 7) is 0. The molecule has 1 amide bonds. The van der Waals surface area contributed by atoms with E-state index in [1.807, 2.05) is 42.5 Å². The third kappa shape index (κ3) is 6.98. The van der Waals surface area contributed by atoms with Crippen molar-refractivity contribution in [2.75, 3.05) is 35.5 Å². The van der Waals surface area contributed by atoms with Gasteiger partial charge >= 0.3 is 5.97 Å². The first-order valence-corrected chi connectivity index (χ1v) is 14.8. The molecular weight excluding hydrogens is 618 g/mol. The van der Waals surface area contributed by atoms with Crippen LogP contribution in [0.25, 0.3) is 27.3 Å². The average Bonchev–Trinajstić information content (AvgIpc) is 3.10. The molecule has 1 aliphatic carbocycles. The number of rotatable bonds is 12. The second-order valence-corrected chi connectivity index (χ2v) is 10.5. The van der Waals surface area contributed by atoms with Gasteiger partial charge in [0.2, 0.25) is 0 Å². The van der Waals surface area contributed by atoms with Crippen molar-refractivity contribution in [1.82, 2.24) is 0 Å². The number of carbonyl (C=O) groups excluding carboxylic acids is 2. The summed E-state index contributed by atoms with van der Waals surface area (Å²) in [6, 6.07) is 20.8. The Morgan fingerprint density at radius 3 is 1.58 bits per heavy atom. The molecule has 0 bridgehead atoms. The summed E-state index contributed by atoms with van der Waals surface area (Å²) in [5.41, 5.74) is 12.3. The molecule has 1 aliphatic rings. The van der Waals surface area contributed by atoms with E-state index >= 15 is 0 Å². The van der Waals surface area contributed by atoms with Gasteiger partial charge in [-0.15, -0.1) is 0 Å². The van der Waals surface area contributed by atoms with Gasteiger partial charge in [-0.05, 0) is 83.0 Å². The van der Waals surface area contributed by atoms with Gasteiger partial charge < -0.3 is 33.2 Å². The van der Waals surface area contributed by atoms with Crippen LogP contribution in [0, 0.1) is 0 Å². The van der Waals surface area contributed by atoms with Gasteiger partial charge in [-0.3, -0.25) is 4.79 Å². The third-order valence-corrected chi connectivity index (χ3v) is 7.81. The molecule has 12 nitrogen and oxygen atoms in total. The molecule has 0 unspecified atom stereocenters. The lowest BCUT2D eigenvalue weighted by Gasteiger charge is -2.24. The first kappa shape index (κ1) is 33.2. The summed E-state index contributed by atoms with van der Waals surface area (Å²) >= 11 is 0. The number of amides is 1. The number of esters is 1. The number of carbonyl (C=O) groups is 2. The summed E-state index contributed by atoms with van der Waals surface area (Å²) < 4.78 is 39.2. The molecule has 1 fully saturated rings. The first-order chi connectivity index (χ1) is 23.3. The molecular formula is C36H33N3O9. The Balaban J connectivity index is 1.33. The van der Waals surface area contributed by atoms with Crippen LogP contribution in [-0.2, 0) is 0 Å². The predicted octanol–water partition coefficient (Wildman–Crippen LogP) is 8.04. The number of allylic oxidation sites excluding steroid dienone is 1. The highest BCUT2D eigenvalue weighted by atomic mass is 16.5. The van der Waals surface area contributed by atoms with Crippen molar-refractivity contribution in [3.8, 4) is 51.4 Å². The highest BCUT2D eigenvalue weighted by Crippen LogP contribution is 2.43. The van der Waals surface area contributed by atoms with Crippen molar-refractivity contribution >= 4 is 17.6 Å². The van der Waals surface area contributed by atoms with Crippen molar-refractivity contribution in [3.63, 3.8) is 0 Å². The van der Waals surface area contributed by atoms with Gasteiger partial charge in [0.25, 0.3) is 5.91 Å². The Hall–Kier alpha value is -6.13. The van der Waals surface area contributed by atoms with Gasteiger partial charge in [-0.2, -0.15) is 0 Å².